The number of hydrogen-bond donors (Lipinski definition) is 0. The molecule has 0 saturated heterocycles. The van der Waals surface area contributed by atoms with E-state index in [1.807, 2.05) is 0 Å². The van der Waals surface area contributed by atoms with E-state index in [0.29, 0.717) is 6.61 Å². The van der Waals surface area contributed by atoms with Crippen molar-refractivity contribution in [1.82, 2.24) is 0 Å². The minimum absolute atomic E-state index is 0. The molecule has 40 valence electrons. The number of halogens is 1. The van der Waals surface area contributed by atoms with Crippen LogP contribution in [0.2, 0.25) is 0 Å². The average Bonchev–Trinajstić information content (AvgIpc) is 1.41. The molecule has 0 aliphatic carbocycles. The van der Waals surface area contributed by atoms with Gasteiger partial charge >= 0.3 is 51.4 Å². The van der Waals surface area contributed by atoms with Gasteiger partial charge in [-0.2, -0.15) is 0 Å². The first-order valence-corrected chi connectivity index (χ1v) is 1.49. The van der Waals surface area contributed by atoms with Gasteiger partial charge in [0.25, 0.3) is 0 Å². The van der Waals surface area contributed by atoms with Crippen LogP contribution in [-0.2, 0) is 4.74 Å². The van der Waals surface area contributed by atoms with Crippen LogP contribution < -0.4 is 56.5 Å². The predicted octanol–water partition coefficient (Wildman–Crippen LogP) is -3.38. The number of hydrogen-bond acceptors (Lipinski definition) is 2. The number of methoxy groups -OCH3 is 1. The molecule has 0 radical (unpaired) electrons. The smallest absolute Gasteiger partial charge is 0.853 e. The van der Waals surface area contributed by atoms with Crippen molar-refractivity contribution >= 4 is 24.0 Å². The molecular formula is C3H8IKO2. The molecule has 2 nitrogen and oxygen atoms in total. The van der Waals surface area contributed by atoms with Gasteiger partial charge in [0.2, 0.25) is 0 Å². The van der Waals surface area contributed by atoms with Crippen LogP contribution in [0.25, 0.3) is 0 Å². The molecule has 0 unspecified atom stereocenters. The second-order valence-corrected chi connectivity index (χ2v) is 0.697. The minimum Gasteiger partial charge on any atom is -0.853 e. The van der Waals surface area contributed by atoms with Crippen LogP contribution in [-0.4, -0.2) is 20.3 Å². The van der Waals surface area contributed by atoms with Gasteiger partial charge in [-0.05, 0) is 0 Å². The second kappa shape index (κ2) is 15.7. The first-order chi connectivity index (χ1) is 2.41. The van der Waals surface area contributed by atoms with Crippen molar-refractivity contribution < 1.29 is 61.2 Å². The van der Waals surface area contributed by atoms with E-state index in [9.17, 15) is 5.11 Å². The fourth-order valence-electron chi connectivity index (χ4n) is 0.0833. The fraction of sp³-hybridized carbons (Fsp3) is 1.00. The maximum atomic E-state index is 9.40. The van der Waals surface area contributed by atoms with Gasteiger partial charge < -0.3 is 9.84 Å². The van der Waals surface area contributed by atoms with Crippen LogP contribution in [0.3, 0.4) is 0 Å². The molecule has 0 aliphatic rings. The molecule has 0 amide bonds. The molecule has 0 aromatic carbocycles. The summed E-state index contributed by atoms with van der Waals surface area (Å²) in [5.74, 6) is 0. The van der Waals surface area contributed by atoms with Crippen molar-refractivity contribution in [2.75, 3.05) is 20.3 Å². The molecule has 0 heterocycles. The quantitative estimate of drug-likeness (QED) is 0.374. The zero-order valence-electron chi connectivity index (χ0n) is 4.64. The van der Waals surface area contributed by atoms with Crippen LogP contribution in [0.15, 0.2) is 0 Å². The molecule has 0 rings (SSSR count). The maximum absolute atomic E-state index is 9.40. The average molecular weight is 242 g/mol. The molecule has 0 aromatic rings. The first kappa shape index (κ1) is 16.1. The summed E-state index contributed by atoms with van der Waals surface area (Å²) in [6, 6.07) is 0. The van der Waals surface area contributed by atoms with Crippen LogP contribution >= 0.6 is 24.0 Å². The SMILES string of the molecule is COCC[O-].I.[K+]. The van der Waals surface area contributed by atoms with Crippen molar-refractivity contribution in [2.24, 2.45) is 0 Å². The molecule has 0 saturated carbocycles. The van der Waals surface area contributed by atoms with E-state index < -0.39 is 0 Å². The topological polar surface area (TPSA) is 32.3 Å². The van der Waals surface area contributed by atoms with Gasteiger partial charge in [-0.25, -0.2) is 0 Å². The Balaban J connectivity index is -0.0000000800. The molecule has 0 fully saturated rings. The van der Waals surface area contributed by atoms with Crippen LogP contribution in [0.1, 0.15) is 0 Å². The zero-order chi connectivity index (χ0) is 4.12. The molecule has 0 N–H and O–H groups in total. The van der Waals surface area contributed by atoms with Gasteiger partial charge in [-0.1, -0.05) is 0 Å². The minimum atomic E-state index is -0.128. The van der Waals surface area contributed by atoms with Crippen molar-refractivity contribution in [3.05, 3.63) is 0 Å². The van der Waals surface area contributed by atoms with Crippen molar-refractivity contribution in [3.8, 4) is 0 Å². The molecule has 0 bridgehead atoms. The molecule has 0 aliphatic heterocycles. The number of rotatable bonds is 2. The van der Waals surface area contributed by atoms with E-state index in [1.165, 1.54) is 7.11 Å². The van der Waals surface area contributed by atoms with Crippen molar-refractivity contribution in [1.29, 1.82) is 0 Å². The third-order valence-corrected chi connectivity index (χ3v) is 0.287. The van der Waals surface area contributed by atoms with E-state index in [-0.39, 0.29) is 82.0 Å². The Morgan fingerprint density at radius 2 is 2.00 bits per heavy atom. The van der Waals surface area contributed by atoms with Gasteiger partial charge in [0.05, 0.1) is 0 Å². The van der Waals surface area contributed by atoms with E-state index in [1.54, 1.807) is 0 Å². The monoisotopic (exact) mass is 242 g/mol. The Morgan fingerprint density at radius 3 is 2.00 bits per heavy atom. The van der Waals surface area contributed by atoms with Gasteiger partial charge in [-0.3, -0.25) is 0 Å². The molecule has 0 aromatic heterocycles. The van der Waals surface area contributed by atoms with Crippen molar-refractivity contribution in [3.63, 3.8) is 0 Å². The summed E-state index contributed by atoms with van der Waals surface area (Å²) in [5, 5.41) is 9.40. The maximum Gasteiger partial charge on any atom is 1.00 e. The summed E-state index contributed by atoms with van der Waals surface area (Å²) in [5.41, 5.74) is 0. The molecule has 7 heavy (non-hydrogen) atoms. The summed E-state index contributed by atoms with van der Waals surface area (Å²) in [6.45, 7) is 0.205. The third kappa shape index (κ3) is 17.8. The van der Waals surface area contributed by atoms with E-state index in [2.05, 4.69) is 4.74 Å². The van der Waals surface area contributed by atoms with Gasteiger partial charge in [0.1, 0.15) is 0 Å². The Labute approximate surface area is 103 Å². The fourth-order valence-corrected chi connectivity index (χ4v) is 0.0833. The van der Waals surface area contributed by atoms with Crippen LogP contribution in [0, 0.1) is 0 Å². The van der Waals surface area contributed by atoms with E-state index in [4.69, 9.17) is 0 Å². The summed E-state index contributed by atoms with van der Waals surface area (Å²) >= 11 is 0. The summed E-state index contributed by atoms with van der Waals surface area (Å²) < 4.78 is 4.38. The molecule has 0 spiro atoms. The first-order valence-electron chi connectivity index (χ1n) is 1.49. The summed E-state index contributed by atoms with van der Waals surface area (Å²) in [6.07, 6.45) is 0. The summed E-state index contributed by atoms with van der Waals surface area (Å²) in [7, 11) is 1.51. The van der Waals surface area contributed by atoms with Gasteiger partial charge in [-0.15, -0.1) is 30.6 Å². The predicted molar refractivity (Wildman–Crippen MR) is 32.2 cm³/mol. The van der Waals surface area contributed by atoms with Crippen LogP contribution in [0.5, 0.6) is 0 Å². The Kier molecular flexibility index (Phi) is 36.3. The molecular weight excluding hydrogens is 234 g/mol. The van der Waals surface area contributed by atoms with Gasteiger partial charge in [0.15, 0.2) is 0 Å². The number of ether oxygens (including phenoxy) is 1. The zero-order valence-corrected chi connectivity index (χ0v) is 10.1. The summed E-state index contributed by atoms with van der Waals surface area (Å²) in [4.78, 5) is 0. The molecule has 4 heteroatoms. The second-order valence-electron chi connectivity index (χ2n) is 0.697. The van der Waals surface area contributed by atoms with E-state index in [0.717, 1.165) is 0 Å². The Hall–Kier alpha value is 2.29. The standard InChI is InChI=1S/C3H7O2.HI.K/c1-5-3-2-4;;/h2-3H2,1H3;1H;/q-1;;+1. The largest absolute Gasteiger partial charge is 1.00 e. The third-order valence-electron chi connectivity index (χ3n) is 0.287. The molecule has 0 atom stereocenters. The van der Waals surface area contributed by atoms with Gasteiger partial charge in [0, 0.05) is 13.7 Å². The Morgan fingerprint density at radius 1 is 1.57 bits per heavy atom. The van der Waals surface area contributed by atoms with E-state index >= 15 is 0 Å². The Bertz CT molecular complexity index is 20.4. The van der Waals surface area contributed by atoms with Crippen molar-refractivity contribution in [2.45, 2.75) is 0 Å². The normalized spacial score (nSPS) is 6.00. The van der Waals surface area contributed by atoms with Crippen LogP contribution in [0.4, 0.5) is 0 Å².